The van der Waals surface area contributed by atoms with Crippen molar-refractivity contribution in [3.63, 3.8) is 0 Å². The van der Waals surface area contributed by atoms with E-state index < -0.39 is 55.7 Å². The second kappa shape index (κ2) is 12.5. The molecule has 3 N–H and O–H groups in total. The van der Waals surface area contributed by atoms with Crippen molar-refractivity contribution in [1.82, 2.24) is 5.32 Å². The van der Waals surface area contributed by atoms with Gasteiger partial charge in [-0.3, -0.25) is 14.2 Å². The third-order valence-corrected chi connectivity index (χ3v) is 6.88. The minimum Gasteiger partial charge on any atom is -0.457 e. The van der Waals surface area contributed by atoms with Crippen LogP contribution in [0.4, 0.5) is 4.39 Å². The fourth-order valence-electron chi connectivity index (χ4n) is 3.69. The van der Waals surface area contributed by atoms with E-state index in [9.17, 15) is 23.3 Å². The fraction of sp³-hybridized carbons (Fsp3) is 0.320. The van der Waals surface area contributed by atoms with Gasteiger partial charge in [0.1, 0.15) is 5.82 Å². The molecule has 38 heavy (non-hydrogen) atoms. The number of carbonyl (C=O) groups is 2. The predicted molar refractivity (Wildman–Crippen MR) is 135 cm³/mol. The van der Waals surface area contributed by atoms with E-state index in [2.05, 4.69) is 5.32 Å². The van der Waals surface area contributed by atoms with Crippen molar-refractivity contribution in [2.45, 2.75) is 45.3 Å². The van der Waals surface area contributed by atoms with Gasteiger partial charge in [-0.2, -0.15) is 0 Å². The third kappa shape index (κ3) is 8.39. The predicted octanol–water partition coefficient (Wildman–Crippen LogP) is 4.29. The van der Waals surface area contributed by atoms with Crippen LogP contribution in [0.15, 0.2) is 56.1 Å². The number of ether oxygens (including phenoxy) is 1. The SMILES string of the molecule is Cc1oc(=O)oc1COC(=O)CC(NC(=O)CCP(=O)(O)O)C(C)c1ccc(-c2cc(Cl)ccc2F)cc1. The highest BCUT2D eigenvalue weighted by Gasteiger charge is 2.26. The third-order valence-electron chi connectivity index (χ3n) is 5.84. The van der Waals surface area contributed by atoms with Gasteiger partial charge in [0.05, 0.1) is 12.6 Å². The lowest BCUT2D eigenvalue weighted by Gasteiger charge is -2.25. The topological polar surface area (TPSA) is 156 Å². The molecule has 3 aromatic rings. The van der Waals surface area contributed by atoms with Gasteiger partial charge in [0.2, 0.25) is 5.91 Å². The van der Waals surface area contributed by atoms with Crippen LogP contribution in [-0.2, 0) is 25.5 Å². The van der Waals surface area contributed by atoms with Crippen LogP contribution in [0, 0.1) is 12.7 Å². The van der Waals surface area contributed by atoms with E-state index in [0.29, 0.717) is 21.7 Å². The van der Waals surface area contributed by atoms with Crippen LogP contribution in [0.3, 0.4) is 0 Å². The Hall–Kier alpha value is -3.24. The summed E-state index contributed by atoms with van der Waals surface area (Å²) >= 11 is 5.99. The first kappa shape index (κ1) is 29.3. The average molecular weight is 570 g/mol. The number of aryl methyl sites for hydroxylation is 1. The van der Waals surface area contributed by atoms with Gasteiger partial charge in [0.25, 0.3) is 0 Å². The maximum atomic E-state index is 14.3. The first-order valence-electron chi connectivity index (χ1n) is 11.5. The molecule has 0 aliphatic heterocycles. The van der Waals surface area contributed by atoms with Crippen LogP contribution in [0.1, 0.15) is 42.8 Å². The van der Waals surface area contributed by atoms with Crippen LogP contribution < -0.4 is 11.1 Å². The molecule has 0 bridgehead atoms. The lowest BCUT2D eigenvalue weighted by molar-refractivity contribution is -0.146. The Morgan fingerprint density at radius 3 is 2.45 bits per heavy atom. The van der Waals surface area contributed by atoms with Crippen LogP contribution >= 0.6 is 19.2 Å². The Morgan fingerprint density at radius 1 is 1.16 bits per heavy atom. The zero-order chi connectivity index (χ0) is 28.0. The fourth-order valence-corrected chi connectivity index (χ4v) is 4.35. The molecule has 0 aliphatic rings. The number of benzene rings is 2. The summed E-state index contributed by atoms with van der Waals surface area (Å²) in [7, 11) is -4.40. The van der Waals surface area contributed by atoms with E-state index in [1.807, 2.05) is 0 Å². The van der Waals surface area contributed by atoms with E-state index in [1.165, 1.54) is 25.1 Å². The van der Waals surface area contributed by atoms with Crippen LogP contribution in [0.25, 0.3) is 11.1 Å². The van der Waals surface area contributed by atoms with Crippen molar-refractivity contribution >= 4 is 31.1 Å². The minimum absolute atomic E-state index is 0.0439. The standard InChI is InChI=1S/C25H26ClFNO9P/c1-14(16-3-5-17(6-4-16)19-11-18(26)7-8-20(19)27)21(28-23(29)9-10-38(32,33)34)12-24(30)35-13-22-15(2)36-25(31)37-22/h3-8,11,14,21H,9-10,12-13H2,1-2H3,(H,28,29)(H2,32,33,34). The van der Waals surface area contributed by atoms with Crippen molar-refractivity contribution in [1.29, 1.82) is 0 Å². The molecule has 3 rings (SSSR count). The molecule has 1 aromatic heterocycles. The molecule has 2 atom stereocenters. The van der Waals surface area contributed by atoms with Gasteiger partial charge >= 0.3 is 19.4 Å². The number of hydrogen-bond acceptors (Lipinski definition) is 7. The summed E-state index contributed by atoms with van der Waals surface area (Å²) < 4.78 is 40.1. The van der Waals surface area contributed by atoms with Crippen LogP contribution in [-0.4, -0.2) is 33.9 Å². The Kier molecular flexibility index (Phi) is 9.67. The summed E-state index contributed by atoms with van der Waals surface area (Å²) in [6.07, 6.45) is -1.40. The molecule has 0 saturated heterocycles. The summed E-state index contributed by atoms with van der Waals surface area (Å²) in [4.78, 5) is 54.3. The zero-order valence-electron chi connectivity index (χ0n) is 20.5. The number of esters is 1. The number of amides is 1. The number of carbonyl (C=O) groups excluding carboxylic acids is 2. The Labute approximate surface area is 221 Å². The molecule has 13 heteroatoms. The molecule has 0 spiro atoms. The summed E-state index contributed by atoms with van der Waals surface area (Å²) in [6, 6.07) is 10.2. The summed E-state index contributed by atoms with van der Waals surface area (Å²) in [6.45, 7) is 2.86. The lowest BCUT2D eigenvalue weighted by atomic mass is 9.89. The minimum atomic E-state index is -4.40. The average Bonchev–Trinajstić information content (AvgIpc) is 3.18. The molecule has 2 aromatic carbocycles. The number of hydrogen-bond donors (Lipinski definition) is 3. The first-order chi connectivity index (χ1) is 17.8. The van der Waals surface area contributed by atoms with E-state index in [0.717, 1.165) is 0 Å². The summed E-state index contributed by atoms with van der Waals surface area (Å²) in [5.41, 5.74) is 1.57. The highest BCUT2D eigenvalue weighted by atomic mass is 35.5. The van der Waals surface area contributed by atoms with Crippen molar-refractivity contribution in [2.75, 3.05) is 6.16 Å². The first-order valence-corrected chi connectivity index (χ1v) is 13.6. The smallest absolute Gasteiger partial charge is 0.457 e. The van der Waals surface area contributed by atoms with E-state index in [4.69, 9.17) is 35.0 Å². The van der Waals surface area contributed by atoms with Crippen molar-refractivity contribution in [3.8, 4) is 11.1 Å². The highest BCUT2D eigenvalue weighted by molar-refractivity contribution is 7.51. The second-order valence-corrected chi connectivity index (χ2v) is 10.9. The zero-order valence-corrected chi connectivity index (χ0v) is 22.1. The number of nitrogens with one attached hydrogen (secondary N) is 1. The van der Waals surface area contributed by atoms with Gasteiger partial charge in [0.15, 0.2) is 18.1 Å². The summed E-state index contributed by atoms with van der Waals surface area (Å²) in [5.74, 6) is -3.02. The van der Waals surface area contributed by atoms with Crippen molar-refractivity contribution in [3.05, 3.63) is 81.0 Å². The lowest BCUT2D eigenvalue weighted by Crippen LogP contribution is -2.40. The van der Waals surface area contributed by atoms with Gasteiger partial charge in [-0.15, -0.1) is 0 Å². The molecule has 2 unspecified atom stereocenters. The van der Waals surface area contributed by atoms with E-state index >= 15 is 0 Å². The van der Waals surface area contributed by atoms with E-state index in [-0.39, 0.29) is 24.5 Å². The maximum absolute atomic E-state index is 14.3. The van der Waals surface area contributed by atoms with Gasteiger partial charge in [-0.1, -0.05) is 42.8 Å². The van der Waals surface area contributed by atoms with E-state index in [1.54, 1.807) is 31.2 Å². The highest BCUT2D eigenvalue weighted by Crippen LogP contribution is 2.35. The van der Waals surface area contributed by atoms with Crippen molar-refractivity contribution < 1.29 is 41.9 Å². The Morgan fingerprint density at radius 2 is 1.84 bits per heavy atom. The molecular weight excluding hydrogens is 544 g/mol. The molecule has 0 radical (unpaired) electrons. The Bertz CT molecular complexity index is 1400. The normalized spacial score (nSPS) is 13.1. The van der Waals surface area contributed by atoms with Crippen molar-refractivity contribution in [2.24, 2.45) is 0 Å². The molecule has 1 amide bonds. The molecule has 204 valence electrons. The molecule has 0 saturated carbocycles. The molecule has 10 nitrogen and oxygen atoms in total. The maximum Gasteiger partial charge on any atom is 0.519 e. The molecule has 1 heterocycles. The van der Waals surface area contributed by atoms with Crippen LogP contribution in [0.2, 0.25) is 5.02 Å². The van der Waals surface area contributed by atoms with Gasteiger partial charge in [0, 0.05) is 29.0 Å². The van der Waals surface area contributed by atoms with Gasteiger partial charge < -0.3 is 28.7 Å². The van der Waals surface area contributed by atoms with Gasteiger partial charge in [-0.05, 0) is 36.2 Å². The largest absolute Gasteiger partial charge is 0.519 e. The Balaban J connectivity index is 1.76. The molecule has 0 aliphatic carbocycles. The number of rotatable bonds is 11. The second-order valence-electron chi connectivity index (χ2n) is 8.65. The molecule has 0 fully saturated rings. The molecular formula is C25H26ClFNO9P. The quantitative estimate of drug-likeness (QED) is 0.226. The summed E-state index contributed by atoms with van der Waals surface area (Å²) in [5, 5.41) is 3.02. The monoisotopic (exact) mass is 569 g/mol. The van der Waals surface area contributed by atoms with Crippen LogP contribution in [0.5, 0.6) is 0 Å². The van der Waals surface area contributed by atoms with Gasteiger partial charge in [-0.25, -0.2) is 9.18 Å². The number of halogens is 2.